The molecule has 0 saturated heterocycles. The van der Waals surface area contributed by atoms with E-state index in [4.69, 9.17) is 34.8 Å². The molecule has 2 amide bonds. The summed E-state index contributed by atoms with van der Waals surface area (Å²) >= 11 is 11.7. The lowest BCUT2D eigenvalue weighted by atomic mass is 10.1. The minimum atomic E-state index is -0.602. The third-order valence-electron chi connectivity index (χ3n) is 5.23. The van der Waals surface area contributed by atoms with Crippen LogP contribution in [0.5, 0.6) is 0 Å². The standard InChI is InChI=1S/C24H26Cl2F2N8O2/c25-17-3-5-19(27)15(9-17)11-23(37)32-22-14-36(34-33-22)8-2-1-7-35(30)13-21(29)24(38)31-12-16-10-18(26)4-6-20(16)28/h3-6,9-10,13-14H,1-2,7-8,11-12,29-30H2,(H,31,38)(H,32,37)/b21-13-. The summed E-state index contributed by atoms with van der Waals surface area (Å²) in [6, 6.07) is 8.05. The van der Waals surface area contributed by atoms with Gasteiger partial charge in [0.15, 0.2) is 5.82 Å². The Morgan fingerprint density at radius 3 is 2.42 bits per heavy atom. The van der Waals surface area contributed by atoms with Gasteiger partial charge in [-0.05, 0) is 54.8 Å². The van der Waals surface area contributed by atoms with Gasteiger partial charge < -0.3 is 21.4 Å². The summed E-state index contributed by atoms with van der Waals surface area (Å²) in [6.45, 7) is 0.799. The molecule has 0 aliphatic heterocycles. The number of carbonyl (C=O) groups excluding carboxylic acids is 2. The molecule has 10 nitrogen and oxygen atoms in total. The number of hydrogen-bond donors (Lipinski definition) is 4. The second-order valence-electron chi connectivity index (χ2n) is 8.28. The molecule has 0 saturated carbocycles. The van der Waals surface area contributed by atoms with Gasteiger partial charge in [0.25, 0.3) is 5.91 Å². The number of nitrogens with two attached hydrogens (primary N) is 2. The van der Waals surface area contributed by atoms with Crippen molar-refractivity contribution in [2.45, 2.75) is 32.4 Å². The van der Waals surface area contributed by atoms with Gasteiger partial charge in [0.1, 0.15) is 17.3 Å². The smallest absolute Gasteiger partial charge is 0.268 e. The van der Waals surface area contributed by atoms with Gasteiger partial charge in [-0.3, -0.25) is 14.3 Å². The summed E-state index contributed by atoms with van der Waals surface area (Å²) in [5, 5.41) is 14.9. The van der Waals surface area contributed by atoms with Gasteiger partial charge in [0, 0.05) is 41.4 Å². The zero-order valence-electron chi connectivity index (χ0n) is 20.1. The topological polar surface area (TPSA) is 144 Å². The summed E-state index contributed by atoms with van der Waals surface area (Å²) < 4.78 is 29.1. The number of hydrogen-bond acceptors (Lipinski definition) is 7. The Bertz CT molecular complexity index is 1320. The molecule has 0 unspecified atom stereocenters. The molecule has 0 fully saturated rings. The van der Waals surface area contributed by atoms with Crippen molar-refractivity contribution in [2.24, 2.45) is 11.6 Å². The fourth-order valence-electron chi connectivity index (χ4n) is 3.33. The summed E-state index contributed by atoms with van der Waals surface area (Å²) in [5.74, 6) is 4.05. The summed E-state index contributed by atoms with van der Waals surface area (Å²) in [5.41, 5.74) is 6.05. The van der Waals surface area contributed by atoms with Crippen molar-refractivity contribution in [1.82, 2.24) is 25.3 Å². The Balaban J connectivity index is 1.37. The van der Waals surface area contributed by atoms with Crippen molar-refractivity contribution < 1.29 is 18.4 Å². The lowest BCUT2D eigenvalue weighted by Gasteiger charge is -2.15. The average Bonchev–Trinajstić information content (AvgIpc) is 3.31. The molecule has 0 radical (unpaired) electrons. The van der Waals surface area contributed by atoms with Crippen LogP contribution in [0.2, 0.25) is 10.0 Å². The van der Waals surface area contributed by atoms with E-state index in [1.54, 1.807) is 10.9 Å². The first-order chi connectivity index (χ1) is 18.1. The minimum Gasteiger partial charge on any atom is -0.393 e. The second-order valence-corrected chi connectivity index (χ2v) is 9.15. The number of anilines is 1. The van der Waals surface area contributed by atoms with E-state index in [2.05, 4.69) is 20.9 Å². The van der Waals surface area contributed by atoms with E-state index in [0.29, 0.717) is 36.0 Å². The minimum absolute atomic E-state index is 0.0812. The van der Waals surface area contributed by atoms with Gasteiger partial charge in [0.2, 0.25) is 5.91 Å². The quantitative estimate of drug-likeness (QED) is 0.114. The molecule has 0 atom stereocenters. The first-order valence-corrected chi connectivity index (χ1v) is 12.2. The van der Waals surface area contributed by atoms with Gasteiger partial charge in [-0.15, -0.1) is 5.10 Å². The molecule has 1 aromatic heterocycles. The molecule has 202 valence electrons. The molecule has 0 aliphatic rings. The molecule has 3 aromatic rings. The number of nitrogens with zero attached hydrogens (tertiary/aromatic N) is 4. The molecular formula is C24H26Cl2F2N8O2. The van der Waals surface area contributed by atoms with Crippen LogP contribution < -0.4 is 22.2 Å². The molecule has 3 rings (SSSR count). The molecular weight excluding hydrogens is 541 g/mol. The highest BCUT2D eigenvalue weighted by molar-refractivity contribution is 6.30. The molecule has 6 N–H and O–H groups in total. The maximum Gasteiger partial charge on any atom is 0.268 e. The summed E-state index contributed by atoms with van der Waals surface area (Å²) in [4.78, 5) is 24.3. The monoisotopic (exact) mass is 566 g/mol. The number of carbonyl (C=O) groups is 2. The molecule has 1 heterocycles. The molecule has 0 aliphatic carbocycles. The number of benzene rings is 2. The zero-order valence-corrected chi connectivity index (χ0v) is 21.6. The van der Waals surface area contributed by atoms with Crippen LogP contribution in [-0.4, -0.2) is 38.4 Å². The third-order valence-corrected chi connectivity index (χ3v) is 5.70. The predicted molar refractivity (Wildman–Crippen MR) is 139 cm³/mol. The Morgan fingerprint density at radius 2 is 1.71 bits per heavy atom. The van der Waals surface area contributed by atoms with Crippen molar-refractivity contribution in [3.8, 4) is 0 Å². The van der Waals surface area contributed by atoms with E-state index >= 15 is 0 Å². The molecule has 14 heteroatoms. The maximum absolute atomic E-state index is 13.8. The second kappa shape index (κ2) is 13.7. The van der Waals surface area contributed by atoms with Crippen LogP contribution in [0, 0.1) is 11.6 Å². The number of halogens is 4. The number of rotatable bonds is 12. The number of aromatic nitrogens is 3. The third kappa shape index (κ3) is 8.98. The number of amides is 2. The van der Waals surface area contributed by atoms with Crippen molar-refractivity contribution in [2.75, 3.05) is 11.9 Å². The molecule has 38 heavy (non-hydrogen) atoms. The number of aryl methyl sites for hydroxylation is 1. The molecule has 0 bridgehead atoms. The van der Waals surface area contributed by atoms with Gasteiger partial charge in [0.05, 0.1) is 12.6 Å². The normalized spacial score (nSPS) is 11.3. The van der Waals surface area contributed by atoms with Crippen molar-refractivity contribution in [3.63, 3.8) is 0 Å². The largest absolute Gasteiger partial charge is 0.393 e. The molecule has 0 spiro atoms. The Labute approximate surface area is 227 Å². The van der Waals surface area contributed by atoms with Crippen LogP contribution in [0.1, 0.15) is 24.0 Å². The summed E-state index contributed by atoms with van der Waals surface area (Å²) in [7, 11) is 0. The van der Waals surface area contributed by atoms with Crippen LogP contribution in [0.4, 0.5) is 14.6 Å². The highest BCUT2D eigenvalue weighted by Crippen LogP contribution is 2.16. The van der Waals surface area contributed by atoms with E-state index in [-0.39, 0.29) is 35.6 Å². The van der Waals surface area contributed by atoms with E-state index in [1.165, 1.54) is 47.6 Å². The first-order valence-electron chi connectivity index (χ1n) is 11.5. The lowest BCUT2D eigenvalue weighted by molar-refractivity contribution is -0.118. The van der Waals surface area contributed by atoms with Crippen LogP contribution in [-0.2, 0) is 29.1 Å². The van der Waals surface area contributed by atoms with E-state index < -0.39 is 23.4 Å². The van der Waals surface area contributed by atoms with Crippen LogP contribution in [0.15, 0.2) is 54.5 Å². The number of nitrogens with one attached hydrogen (secondary N) is 2. The van der Waals surface area contributed by atoms with Crippen LogP contribution in [0.3, 0.4) is 0 Å². The fraction of sp³-hybridized carbons (Fsp3) is 0.250. The highest BCUT2D eigenvalue weighted by atomic mass is 35.5. The van der Waals surface area contributed by atoms with Gasteiger partial charge in [-0.2, -0.15) is 0 Å². The Hall–Kier alpha value is -3.74. The maximum atomic E-state index is 13.8. The van der Waals surface area contributed by atoms with Crippen molar-refractivity contribution >= 4 is 40.8 Å². The predicted octanol–water partition coefficient (Wildman–Crippen LogP) is 3.12. The van der Waals surface area contributed by atoms with Gasteiger partial charge in [-0.1, -0.05) is 28.4 Å². The van der Waals surface area contributed by atoms with Gasteiger partial charge >= 0.3 is 0 Å². The SMILES string of the molecule is N/C(=C\N(N)CCCCn1cc(NC(=O)Cc2cc(Cl)ccc2F)nn1)C(=O)NCc1cc(Cl)ccc1F. The van der Waals surface area contributed by atoms with E-state index in [0.717, 1.165) is 0 Å². The number of unbranched alkanes of at least 4 members (excludes halogenated alkanes) is 1. The lowest BCUT2D eigenvalue weighted by Crippen LogP contribution is -2.33. The highest BCUT2D eigenvalue weighted by Gasteiger charge is 2.12. The van der Waals surface area contributed by atoms with Crippen LogP contribution >= 0.6 is 23.2 Å². The number of hydrazine groups is 1. The average molecular weight is 567 g/mol. The van der Waals surface area contributed by atoms with E-state index in [9.17, 15) is 18.4 Å². The van der Waals surface area contributed by atoms with Crippen molar-refractivity contribution in [3.05, 3.63) is 87.3 Å². The van der Waals surface area contributed by atoms with E-state index in [1.807, 2.05) is 0 Å². The summed E-state index contributed by atoms with van der Waals surface area (Å²) in [6.07, 6.45) is 3.93. The van der Waals surface area contributed by atoms with Gasteiger partial charge in [-0.25, -0.2) is 14.6 Å². The van der Waals surface area contributed by atoms with Crippen LogP contribution in [0.25, 0.3) is 0 Å². The Morgan fingerprint density at radius 1 is 1.05 bits per heavy atom. The molecule has 2 aromatic carbocycles. The van der Waals surface area contributed by atoms with Crippen molar-refractivity contribution in [1.29, 1.82) is 0 Å². The fourth-order valence-corrected chi connectivity index (χ4v) is 3.72. The first kappa shape index (κ1) is 28.8. The Kier molecular flexibility index (Phi) is 10.4. The zero-order chi connectivity index (χ0) is 27.7.